The van der Waals surface area contributed by atoms with E-state index < -0.39 is 4.92 Å². The normalized spacial score (nSPS) is 11.7. The number of nitrogens with one attached hydrogen (secondary N) is 2. The van der Waals surface area contributed by atoms with Gasteiger partial charge in [-0.3, -0.25) is 19.9 Å². The first kappa shape index (κ1) is 25.9. The number of nitro groups is 1. The summed E-state index contributed by atoms with van der Waals surface area (Å²) in [4.78, 5) is 31.7. The van der Waals surface area contributed by atoms with Gasteiger partial charge in [-0.1, -0.05) is 29.8 Å². The van der Waals surface area contributed by atoms with Crippen molar-refractivity contribution in [3.05, 3.63) is 129 Å². The summed E-state index contributed by atoms with van der Waals surface area (Å²) in [5, 5.41) is 15.8. The number of carbonyl (C=O) groups excluding carboxylic acids is 1. The van der Waals surface area contributed by atoms with Crippen molar-refractivity contribution in [2.45, 2.75) is 18.8 Å². The molecule has 1 atom stereocenters. The van der Waals surface area contributed by atoms with Gasteiger partial charge in [0.05, 0.1) is 4.92 Å². The standard InChI is InChI=1S/C30H25ClN4O4/c31-21-7-10-24(11-8-21)39-25-6-3-4-20(16-25)26(18-30(36)33-15-13-22-5-1-2-14-32-22)28-19-34-29-12-9-23(35(37)38)17-27(28)29/h1-12,14,16-17,19,26,34H,13,15,18H2,(H,33,36)/t26-/m1/s1. The molecule has 9 heteroatoms. The number of fused-ring (bicyclic) bond motifs is 1. The van der Waals surface area contributed by atoms with Crippen LogP contribution in [0.3, 0.4) is 0 Å². The van der Waals surface area contributed by atoms with Crippen LogP contribution in [0.2, 0.25) is 5.02 Å². The van der Waals surface area contributed by atoms with Gasteiger partial charge in [-0.05, 0) is 65.7 Å². The largest absolute Gasteiger partial charge is 0.457 e. The van der Waals surface area contributed by atoms with E-state index in [-0.39, 0.29) is 23.9 Å². The molecular weight excluding hydrogens is 516 g/mol. The van der Waals surface area contributed by atoms with E-state index >= 15 is 0 Å². The van der Waals surface area contributed by atoms with Crippen molar-refractivity contribution in [3.8, 4) is 11.5 Å². The fraction of sp³-hybridized carbons (Fsp3) is 0.133. The summed E-state index contributed by atoms with van der Waals surface area (Å²) in [5.74, 6) is 0.702. The molecule has 0 saturated carbocycles. The molecule has 2 heterocycles. The van der Waals surface area contributed by atoms with E-state index in [9.17, 15) is 14.9 Å². The van der Waals surface area contributed by atoms with Crippen molar-refractivity contribution in [3.63, 3.8) is 0 Å². The molecular formula is C30H25ClN4O4. The summed E-state index contributed by atoms with van der Waals surface area (Å²) in [6.07, 6.45) is 4.29. The molecule has 0 radical (unpaired) electrons. The summed E-state index contributed by atoms with van der Waals surface area (Å²) in [5.41, 5.74) is 3.27. The van der Waals surface area contributed by atoms with Crippen molar-refractivity contribution in [2.24, 2.45) is 0 Å². The molecule has 0 unspecified atom stereocenters. The Hall–Kier alpha value is -4.69. The Morgan fingerprint density at radius 2 is 1.87 bits per heavy atom. The summed E-state index contributed by atoms with van der Waals surface area (Å²) < 4.78 is 6.04. The highest BCUT2D eigenvalue weighted by molar-refractivity contribution is 6.30. The van der Waals surface area contributed by atoms with Gasteiger partial charge in [0.25, 0.3) is 5.69 Å². The number of H-pyrrole nitrogens is 1. The van der Waals surface area contributed by atoms with Crippen LogP contribution >= 0.6 is 11.6 Å². The zero-order chi connectivity index (χ0) is 27.2. The second kappa shape index (κ2) is 11.8. The number of amides is 1. The predicted octanol–water partition coefficient (Wildman–Crippen LogP) is 6.80. The molecule has 39 heavy (non-hydrogen) atoms. The number of aromatic amines is 1. The van der Waals surface area contributed by atoms with Crippen LogP contribution in [0, 0.1) is 10.1 Å². The molecule has 5 rings (SSSR count). The van der Waals surface area contributed by atoms with E-state index in [0.29, 0.717) is 34.9 Å². The van der Waals surface area contributed by atoms with Crippen LogP contribution in [0.25, 0.3) is 10.9 Å². The Kier molecular flexibility index (Phi) is 7.84. The zero-order valence-corrected chi connectivity index (χ0v) is 21.6. The summed E-state index contributed by atoms with van der Waals surface area (Å²) in [6, 6.07) is 24.9. The Labute approximate surface area is 229 Å². The topological polar surface area (TPSA) is 110 Å². The second-order valence-corrected chi connectivity index (χ2v) is 9.47. The van der Waals surface area contributed by atoms with Crippen LogP contribution in [-0.4, -0.2) is 27.3 Å². The fourth-order valence-electron chi connectivity index (χ4n) is 4.51. The average molecular weight is 541 g/mol. The first-order valence-corrected chi connectivity index (χ1v) is 12.8. The van der Waals surface area contributed by atoms with Crippen molar-refractivity contribution in [1.82, 2.24) is 15.3 Å². The highest BCUT2D eigenvalue weighted by Crippen LogP contribution is 2.36. The van der Waals surface area contributed by atoms with Crippen LogP contribution in [0.5, 0.6) is 11.5 Å². The highest BCUT2D eigenvalue weighted by Gasteiger charge is 2.23. The van der Waals surface area contributed by atoms with Crippen LogP contribution < -0.4 is 10.1 Å². The molecule has 0 aliphatic rings. The number of nitrogens with zero attached hydrogens (tertiary/aromatic N) is 2. The first-order chi connectivity index (χ1) is 19.0. The minimum Gasteiger partial charge on any atom is -0.457 e. The fourth-order valence-corrected chi connectivity index (χ4v) is 4.63. The van der Waals surface area contributed by atoms with E-state index in [2.05, 4.69) is 15.3 Å². The number of non-ortho nitro benzene ring substituents is 1. The summed E-state index contributed by atoms with van der Waals surface area (Å²) in [7, 11) is 0. The zero-order valence-electron chi connectivity index (χ0n) is 20.8. The number of carbonyl (C=O) groups is 1. The van der Waals surface area contributed by atoms with Crippen molar-refractivity contribution in [1.29, 1.82) is 0 Å². The molecule has 0 aliphatic heterocycles. The smallest absolute Gasteiger partial charge is 0.270 e. The van der Waals surface area contributed by atoms with Gasteiger partial charge in [0.2, 0.25) is 5.91 Å². The Morgan fingerprint density at radius 3 is 2.64 bits per heavy atom. The molecule has 0 aliphatic carbocycles. The van der Waals surface area contributed by atoms with Gasteiger partial charge in [-0.15, -0.1) is 0 Å². The van der Waals surface area contributed by atoms with Gasteiger partial charge in [-0.25, -0.2) is 0 Å². The van der Waals surface area contributed by atoms with Crippen LogP contribution in [0.1, 0.15) is 29.2 Å². The summed E-state index contributed by atoms with van der Waals surface area (Å²) in [6.45, 7) is 0.446. The highest BCUT2D eigenvalue weighted by atomic mass is 35.5. The first-order valence-electron chi connectivity index (χ1n) is 12.4. The maximum Gasteiger partial charge on any atom is 0.270 e. The monoisotopic (exact) mass is 540 g/mol. The number of aromatic nitrogens is 2. The van der Waals surface area contributed by atoms with Gasteiger partial charge in [-0.2, -0.15) is 0 Å². The van der Waals surface area contributed by atoms with E-state index in [1.807, 2.05) is 48.7 Å². The third kappa shape index (κ3) is 6.42. The van der Waals surface area contributed by atoms with Crippen LogP contribution in [0.4, 0.5) is 5.69 Å². The number of rotatable bonds is 10. The van der Waals surface area contributed by atoms with Crippen LogP contribution in [0.15, 0.2) is 97.3 Å². The van der Waals surface area contributed by atoms with E-state index in [1.54, 1.807) is 42.6 Å². The molecule has 3 aromatic carbocycles. The Bertz CT molecular complexity index is 1600. The Morgan fingerprint density at radius 1 is 1.03 bits per heavy atom. The minimum atomic E-state index is -0.421. The number of nitro benzene ring substituents is 1. The lowest BCUT2D eigenvalue weighted by atomic mass is 9.87. The molecule has 0 spiro atoms. The van der Waals surface area contributed by atoms with Crippen molar-refractivity contribution >= 4 is 34.1 Å². The van der Waals surface area contributed by atoms with Gasteiger partial charge >= 0.3 is 0 Å². The number of hydrogen-bond donors (Lipinski definition) is 2. The maximum absolute atomic E-state index is 13.1. The molecule has 1 amide bonds. The van der Waals surface area contributed by atoms with Gasteiger partial charge in [0, 0.05) is 71.5 Å². The second-order valence-electron chi connectivity index (χ2n) is 9.04. The molecule has 0 bridgehead atoms. The van der Waals surface area contributed by atoms with E-state index in [0.717, 1.165) is 22.3 Å². The molecule has 8 nitrogen and oxygen atoms in total. The molecule has 2 aromatic heterocycles. The molecule has 0 fully saturated rings. The molecule has 0 saturated heterocycles. The maximum atomic E-state index is 13.1. The molecule has 196 valence electrons. The number of halogens is 1. The van der Waals surface area contributed by atoms with Crippen molar-refractivity contribution < 1.29 is 14.5 Å². The van der Waals surface area contributed by atoms with Crippen LogP contribution in [-0.2, 0) is 11.2 Å². The summed E-state index contributed by atoms with van der Waals surface area (Å²) >= 11 is 5.99. The lowest BCUT2D eigenvalue weighted by Crippen LogP contribution is -2.27. The quantitative estimate of drug-likeness (QED) is 0.149. The lowest BCUT2D eigenvalue weighted by molar-refractivity contribution is -0.384. The molecule has 2 N–H and O–H groups in total. The van der Waals surface area contributed by atoms with Gasteiger partial charge in [0.15, 0.2) is 0 Å². The SMILES string of the molecule is O=C(C[C@H](c1cccc(Oc2ccc(Cl)cc2)c1)c1c[nH]c2ccc([N+](=O)[O-])cc12)NCCc1ccccn1. The number of hydrogen-bond acceptors (Lipinski definition) is 5. The van der Waals surface area contributed by atoms with Crippen molar-refractivity contribution in [2.75, 3.05) is 6.54 Å². The number of pyridine rings is 1. The van der Waals surface area contributed by atoms with E-state index in [4.69, 9.17) is 16.3 Å². The number of ether oxygens (including phenoxy) is 1. The van der Waals surface area contributed by atoms with Gasteiger partial charge in [0.1, 0.15) is 11.5 Å². The molecule has 5 aromatic rings. The third-order valence-electron chi connectivity index (χ3n) is 6.41. The number of benzene rings is 3. The predicted molar refractivity (Wildman–Crippen MR) is 150 cm³/mol. The third-order valence-corrected chi connectivity index (χ3v) is 6.66. The Balaban J connectivity index is 1.44. The lowest BCUT2D eigenvalue weighted by Gasteiger charge is -2.18. The van der Waals surface area contributed by atoms with Gasteiger partial charge < -0.3 is 15.0 Å². The average Bonchev–Trinajstić information content (AvgIpc) is 3.37. The minimum absolute atomic E-state index is 0.0123. The van der Waals surface area contributed by atoms with E-state index in [1.165, 1.54) is 6.07 Å².